The maximum absolute atomic E-state index is 12.5. The van der Waals surface area contributed by atoms with E-state index in [-0.39, 0.29) is 18.5 Å². The molecule has 0 spiro atoms. The lowest BCUT2D eigenvalue weighted by Gasteiger charge is -2.14. The average Bonchev–Trinajstić information content (AvgIpc) is 3.50. The molecule has 7 nitrogen and oxygen atoms in total. The molecule has 0 aliphatic carbocycles. The van der Waals surface area contributed by atoms with Crippen LogP contribution in [0.2, 0.25) is 5.02 Å². The summed E-state index contributed by atoms with van der Waals surface area (Å²) in [7, 11) is 0. The maximum Gasteiger partial charge on any atom is 0.307 e. The first kappa shape index (κ1) is 26.1. The molecule has 0 fully saturated rings. The molecule has 0 saturated heterocycles. The van der Waals surface area contributed by atoms with Crippen LogP contribution >= 0.6 is 11.6 Å². The van der Waals surface area contributed by atoms with Crippen molar-refractivity contribution in [1.82, 2.24) is 9.99 Å². The summed E-state index contributed by atoms with van der Waals surface area (Å²) in [6.07, 6.45) is 2.39. The van der Waals surface area contributed by atoms with Gasteiger partial charge < -0.3 is 18.5 Å². The van der Waals surface area contributed by atoms with E-state index in [9.17, 15) is 4.79 Å². The Hall–Kier alpha value is -3.97. The van der Waals surface area contributed by atoms with Crippen LogP contribution in [0.1, 0.15) is 53.5 Å². The Morgan fingerprint density at radius 2 is 1.81 bits per heavy atom. The largest absolute Gasteiger partial charge is 0.490 e. The van der Waals surface area contributed by atoms with Crippen LogP contribution in [0.3, 0.4) is 0 Å². The third-order valence-corrected chi connectivity index (χ3v) is 6.11. The van der Waals surface area contributed by atoms with E-state index in [1.165, 1.54) is 17.6 Å². The van der Waals surface area contributed by atoms with E-state index in [4.69, 9.17) is 25.5 Å². The highest BCUT2D eigenvalue weighted by Gasteiger charge is 2.12. The average molecular weight is 520 g/mol. The van der Waals surface area contributed by atoms with Crippen LogP contribution in [-0.4, -0.2) is 22.8 Å². The third kappa shape index (κ3) is 6.62. The molecule has 8 heteroatoms. The number of nitrogens with zero attached hydrogens (tertiary/aromatic N) is 2. The lowest BCUT2D eigenvalue weighted by atomic mass is 10.2. The fraction of sp³-hybridized carbons (Fsp3) is 0.241. The van der Waals surface area contributed by atoms with Gasteiger partial charge in [0.05, 0.1) is 12.3 Å². The summed E-state index contributed by atoms with van der Waals surface area (Å²) in [5, 5.41) is 4.59. The number of ether oxygens (including phenoxy) is 2. The van der Waals surface area contributed by atoms with Crippen molar-refractivity contribution >= 4 is 23.7 Å². The Labute approximate surface area is 221 Å². The molecule has 0 unspecified atom stereocenters. The van der Waals surface area contributed by atoms with Gasteiger partial charge in [0.25, 0.3) is 0 Å². The van der Waals surface area contributed by atoms with E-state index in [0.29, 0.717) is 27.8 Å². The molecule has 2 aromatic heterocycles. The number of halogens is 1. The summed E-state index contributed by atoms with van der Waals surface area (Å²) in [6.45, 7) is 8.36. The maximum atomic E-state index is 12.5. The number of carbonyl (C=O) groups is 1. The molecule has 0 radical (unpaired) electrons. The summed E-state index contributed by atoms with van der Waals surface area (Å²) in [4.78, 5) is 12.5. The minimum Gasteiger partial charge on any atom is -0.490 e. The van der Waals surface area contributed by atoms with Crippen LogP contribution in [0.5, 0.6) is 11.5 Å². The van der Waals surface area contributed by atoms with Gasteiger partial charge in [0.1, 0.15) is 23.9 Å². The zero-order valence-electron chi connectivity index (χ0n) is 21.3. The van der Waals surface area contributed by atoms with E-state index in [2.05, 4.69) is 41.1 Å². The molecular formula is C29H30ClN3O4. The number of carbonyl (C=O) groups excluding carboxylic acids is 1. The second-order valence-electron chi connectivity index (χ2n) is 8.72. The summed E-state index contributed by atoms with van der Waals surface area (Å²) in [6, 6.07) is 20.6. The highest BCUT2D eigenvalue weighted by atomic mass is 35.5. The number of nitrogens with one attached hydrogen (secondary N) is 1. The van der Waals surface area contributed by atoms with E-state index >= 15 is 0 Å². The molecule has 192 valence electrons. The van der Waals surface area contributed by atoms with Gasteiger partial charge in [-0.15, -0.1) is 0 Å². The summed E-state index contributed by atoms with van der Waals surface area (Å²) < 4.78 is 19.5. The van der Waals surface area contributed by atoms with Crippen molar-refractivity contribution in [2.75, 3.05) is 0 Å². The van der Waals surface area contributed by atoms with Gasteiger partial charge >= 0.3 is 5.91 Å². The first-order valence-corrected chi connectivity index (χ1v) is 12.5. The first-order chi connectivity index (χ1) is 17.8. The van der Waals surface area contributed by atoms with Crippen molar-refractivity contribution in [3.8, 4) is 17.2 Å². The molecule has 0 aliphatic heterocycles. The minimum absolute atomic E-state index is 0.0393. The van der Waals surface area contributed by atoms with Gasteiger partial charge in [-0.1, -0.05) is 18.5 Å². The first-order valence-electron chi connectivity index (χ1n) is 12.1. The molecule has 0 bridgehead atoms. The normalized spacial score (nSPS) is 12.0. The molecule has 2 aromatic carbocycles. The number of hydrogen-bond acceptors (Lipinski definition) is 5. The zero-order valence-corrected chi connectivity index (χ0v) is 22.1. The van der Waals surface area contributed by atoms with Crippen molar-refractivity contribution in [2.24, 2.45) is 5.10 Å². The Bertz CT molecular complexity index is 1370. The quantitative estimate of drug-likeness (QED) is 0.183. The number of benzene rings is 2. The fourth-order valence-corrected chi connectivity index (χ4v) is 3.92. The summed E-state index contributed by atoms with van der Waals surface area (Å²) in [5.41, 5.74) is 6.55. The van der Waals surface area contributed by atoms with Crippen LogP contribution in [-0.2, 0) is 6.61 Å². The van der Waals surface area contributed by atoms with Crippen molar-refractivity contribution in [3.63, 3.8) is 0 Å². The van der Waals surface area contributed by atoms with Crippen molar-refractivity contribution in [1.29, 1.82) is 0 Å². The van der Waals surface area contributed by atoms with Gasteiger partial charge in [-0.3, -0.25) is 4.79 Å². The molecule has 1 N–H and O–H groups in total. The van der Waals surface area contributed by atoms with Crippen LogP contribution in [0, 0.1) is 13.8 Å². The standard InChI is InChI=1S/C29H30ClN3O4/c1-5-21(4)36-27-14-8-23(30)16-22(27)17-31-32-29(34)28-15-13-26(37-28)18-35-25-11-9-24(10-12-25)33-19(2)6-7-20(33)3/h6-17,21H,5,18H2,1-4H3,(H,32,34)/b31-17+/t21-/m1/s1. The molecule has 1 amide bonds. The third-order valence-electron chi connectivity index (χ3n) is 5.88. The number of amides is 1. The molecule has 4 aromatic rings. The molecule has 0 saturated carbocycles. The van der Waals surface area contributed by atoms with E-state index in [1.54, 1.807) is 30.3 Å². The van der Waals surface area contributed by atoms with Gasteiger partial charge in [0.15, 0.2) is 5.76 Å². The van der Waals surface area contributed by atoms with Crippen LogP contribution in [0.25, 0.3) is 5.69 Å². The lowest BCUT2D eigenvalue weighted by molar-refractivity contribution is 0.0923. The number of aryl methyl sites for hydroxylation is 2. The molecule has 2 heterocycles. The van der Waals surface area contributed by atoms with Crippen molar-refractivity contribution in [3.05, 3.63) is 100 Å². The Morgan fingerprint density at radius 1 is 1.08 bits per heavy atom. The molecular weight excluding hydrogens is 490 g/mol. The Kier molecular flexibility index (Phi) is 8.36. The topological polar surface area (TPSA) is 78.0 Å². The predicted molar refractivity (Wildman–Crippen MR) is 145 cm³/mol. The predicted octanol–water partition coefficient (Wildman–Crippen LogP) is 6.86. The van der Waals surface area contributed by atoms with Crippen LogP contribution in [0.15, 0.2) is 76.2 Å². The lowest BCUT2D eigenvalue weighted by Crippen LogP contribution is -2.17. The van der Waals surface area contributed by atoms with E-state index in [0.717, 1.165) is 12.1 Å². The molecule has 37 heavy (non-hydrogen) atoms. The molecule has 0 aliphatic rings. The second kappa shape index (κ2) is 11.8. The highest BCUT2D eigenvalue weighted by molar-refractivity contribution is 6.30. The zero-order chi connectivity index (χ0) is 26.4. The number of rotatable bonds is 10. The van der Waals surface area contributed by atoms with Gasteiger partial charge in [-0.05, 0) is 93.9 Å². The smallest absolute Gasteiger partial charge is 0.307 e. The SMILES string of the molecule is CC[C@@H](C)Oc1ccc(Cl)cc1/C=N/NC(=O)c1ccc(COc2ccc(-n3c(C)ccc3C)cc2)o1. The van der Waals surface area contributed by atoms with Crippen LogP contribution in [0.4, 0.5) is 0 Å². The van der Waals surface area contributed by atoms with Gasteiger partial charge in [0, 0.05) is 27.7 Å². The highest BCUT2D eigenvalue weighted by Crippen LogP contribution is 2.23. The summed E-state index contributed by atoms with van der Waals surface area (Å²) in [5.74, 6) is 1.52. The van der Waals surface area contributed by atoms with Crippen LogP contribution < -0.4 is 14.9 Å². The molecule has 1 atom stereocenters. The minimum atomic E-state index is -0.476. The fourth-order valence-electron chi connectivity index (χ4n) is 3.74. The monoisotopic (exact) mass is 519 g/mol. The van der Waals surface area contributed by atoms with Crippen molar-refractivity contribution in [2.45, 2.75) is 46.8 Å². The Morgan fingerprint density at radius 3 is 2.51 bits per heavy atom. The molecule has 4 rings (SSSR count). The van der Waals surface area contributed by atoms with Gasteiger partial charge in [-0.2, -0.15) is 5.10 Å². The number of hydrogen-bond donors (Lipinski definition) is 1. The van der Waals surface area contributed by atoms with Gasteiger partial charge in [0.2, 0.25) is 0 Å². The second-order valence-corrected chi connectivity index (χ2v) is 9.15. The Balaban J connectivity index is 1.33. The number of aromatic nitrogens is 1. The number of hydrazone groups is 1. The summed E-state index contributed by atoms with van der Waals surface area (Å²) >= 11 is 6.11. The van der Waals surface area contributed by atoms with Gasteiger partial charge in [-0.25, -0.2) is 5.43 Å². The van der Waals surface area contributed by atoms with E-state index in [1.807, 2.05) is 38.1 Å². The van der Waals surface area contributed by atoms with Crippen molar-refractivity contribution < 1.29 is 18.7 Å². The van der Waals surface area contributed by atoms with E-state index < -0.39 is 5.91 Å². The number of furan rings is 1.